The minimum absolute atomic E-state index is 0.194. The lowest BCUT2D eigenvalue weighted by molar-refractivity contribution is -0.141. The van der Waals surface area contributed by atoms with Crippen molar-refractivity contribution in [1.29, 1.82) is 0 Å². The van der Waals surface area contributed by atoms with Crippen molar-refractivity contribution in [2.24, 2.45) is 5.92 Å². The molecule has 26 heavy (non-hydrogen) atoms. The number of rotatable bonds is 7. The quantitative estimate of drug-likeness (QED) is 0.462. The number of aromatic nitrogens is 3. The molecule has 6 heteroatoms. The minimum atomic E-state index is -0.249. The van der Waals surface area contributed by atoms with Crippen molar-refractivity contribution < 1.29 is 9.53 Å². The van der Waals surface area contributed by atoms with Gasteiger partial charge in [0.1, 0.15) is 0 Å². The maximum Gasteiger partial charge on any atom is 0.316 e. The first-order valence-corrected chi connectivity index (χ1v) is 9.48. The molecule has 0 N–H and O–H groups in total. The van der Waals surface area contributed by atoms with E-state index >= 15 is 0 Å². The van der Waals surface area contributed by atoms with Crippen LogP contribution in [0.25, 0.3) is 17.1 Å². The average molecular weight is 367 g/mol. The highest BCUT2D eigenvalue weighted by atomic mass is 32.2. The summed E-state index contributed by atoms with van der Waals surface area (Å²) in [5.41, 5.74) is 1.89. The molecule has 3 rings (SSSR count). The summed E-state index contributed by atoms with van der Waals surface area (Å²) in [6.07, 6.45) is 0. The van der Waals surface area contributed by atoms with Crippen LogP contribution < -0.4 is 0 Å². The number of thioether (sulfide) groups is 1. The highest BCUT2D eigenvalue weighted by Crippen LogP contribution is 2.24. The van der Waals surface area contributed by atoms with E-state index in [4.69, 9.17) is 4.74 Å². The summed E-state index contributed by atoms with van der Waals surface area (Å²) in [7, 11) is 0. The Bertz CT molecular complexity index is 791. The van der Waals surface area contributed by atoms with Crippen LogP contribution in [0.15, 0.2) is 65.8 Å². The summed E-state index contributed by atoms with van der Waals surface area (Å²) in [4.78, 5) is 16.5. The molecule has 0 fully saturated rings. The van der Waals surface area contributed by atoms with Crippen molar-refractivity contribution in [2.45, 2.75) is 19.0 Å². The van der Waals surface area contributed by atoms with E-state index in [0.717, 1.165) is 17.1 Å². The molecule has 0 saturated heterocycles. The second-order valence-electron chi connectivity index (χ2n) is 6.20. The second-order valence-corrected chi connectivity index (χ2v) is 7.14. The Kier molecular flexibility index (Phi) is 6.07. The van der Waals surface area contributed by atoms with Crippen LogP contribution in [-0.2, 0) is 9.53 Å². The van der Waals surface area contributed by atoms with E-state index in [1.165, 1.54) is 11.8 Å². The Labute approximate surface area is 157 Å². The van der Waals surface area contributed by atoms with Crippen molar-refractivity contribution in [1.82, 2.24) is 14.8 Å². The maximum atomic E-state index is 11.8. The van der Waals surface area contributed by atoms with Crippen LogP contribution in [0, 0.1) is 5.92 Å². The first kappa shape index (κ1) is 18.2. The van der Waals surface area contributed by atoms with Crippen LogP contribution in [0.1, 0.15) is 13.8 Å². The van der Waals surface area contributed by atoms with E-state index in [2.05, 4.69) is 10.1 Å². The highest BCUT2D eigenvalue weighted by Gasteiger charge is 2.15. The Hall–Kier alpha value is -2.60. The van der Waals surface area contributed by atoms with Gasteiger partial charge in [0.05, 0.1) is 18.0 Å². The molecule has 0 unspecified atom stereocenters. The predicted molar refractivity (Wildman–Crippen MR) is 103 cm³/mol. The lowest BCUT2D eigenvalue weighted by Crippen LogP contribution is -2.11. The molecule has 0 bridgehead atoms. The molecule has 0 atom stereocenters. The lowest BCUT2D eigenvalue weighted by Gasteiger charge is -2.05. The van der Waals surface area contributed by atoms with E-state index < -0.39 is 0 Å². The molecule has 0 aliphatic carbocycles. The third-order valence-electron chi connectivity index (χ3n) is 3.52. The van der Waals surface area contributed by atoms with Crippen LogP contribution in [0.5, 0.6) is 0 Å². The Balaban J connectivity index is 1.82. The van der Waals surface area contributed by atoms with Gasteiger partial charge in [-0.25, -0.2) is 9.67 Å². The van der Waals surface area contributed by atoms with E-state index in [1.807, 2.05) is 74.5 Å². The zero-order valence-corrected chi connectivity index (χ0v) is 15.6. The van der Waals surface area contributed by atoms with Crippen molar-refractivity contribution >= 4 is 17.7 Å². The normalized spacial score (nSPS) is 10.9. The smallest absolute Gasteiger partial charge is 0.316 e. The van der Waals surface area contributed by atoms with Crippen LogP contribution in [0.4, 0.5) is 0 Å². The molecule has 0 radical (unpaired) electrons. The van der Waals surface area contributed by atoms with Crippen molar-refractivity contribution in [3.05, 3.63) is 60.7 Å². The molecular formula is C20H21N3O2S. The SMILES string of the molecule is CC(C)COC(=O)CSc1nc(-c2ccccc2)n(-c2ccccc2)n1. The molecule has 0 aliphatic rings. The first-order chi connectivity index (χ1) is 12.6. The zero-order valence-electron chi connectivity index (χ0n) is 14.8. The molecule has 0 saturated carbocycles. The van der Waals surface area contributed by atoms with E-state index in [1.54, 1.807) is 4.68 Å². The third kappa shape index (κ3) is 4.73. The zero-order chi connectivity index (χ0) is 18.4. The molecule has 134 valence electrons. The number of carbonyl (C=O) groups is 1. The van der Waals surface area contributed by atoms with E-state index in [0.29, 0.717) is 17.7 Å². The van der Waals surface area contributed by atoms with Gasteiger partial charge in [0.15, 0.2) is 5.82 Å². The van der Waals surface area contributed by atoms with Gasteiger partial charge in [-0.05, 0) is 18.1 Å². The summed E-state index contributed by atoms with van der Waals surface area (Å²) in [5.74, 6) is 1.01. The van der Waals surface area contributed by atoms with Crippen LogP contribution >= 0.6 is 11.8 Å². The largest absolute Gasteiger partial charge is 0.465 e. The van der Waals surface area contributed by atoms with Crippen molar-refractivity contribution in [2.75, 3.05) is 12.4 Å². The highest BCUT2D eigenvalue weighted by molar-refractivity contribution is 7.99. The molecule has 0 spiro atoms. The summed E-state index contributed by atoms with van der Waals surface area (Å²) in [6, 6.07) is 19.7. The summed E-state index contributed by atoms with van der Waals surface area (Å²) in [6.45, 7) is 4.45. The molecule has 3 aromatic rings. The summed E-state index contributed by atoms with van der Waals surface area (Å²) < 4.78 is 7.01. The fraction of sp³-hybridized carbons (Fsp3) is 0.250. The Morgan fingerprint density at radius 2 is 1.73 bits per heavy atom. The maximum absolute atomic E-state index is 11.8. The van der Waals surface area contributed by atoms with Gasteiger partial charge in [0, 0.05) is 5.56 Å². The van der Waals surface area contributed by atoms with Crippen molar-refractivity contribution in [3.63, 3.8) is 0 Å². The number of hydrogen-bond donors (Lipinski definition) is 0. The number of benzene rings is 2. The number of carbonyl (C=O) groups excluding carboxylic acids is 1. The van der Waals surface area contributed by atoms with Gasteiger partial charge < -0.3 is 4.74 Å². The molecule has 5 nitrogen and oxygen atoms in total. The van der Waals surface area contributed by atoms with Gasteiger partial charge in [0.25, 0.3) is 0 Å². The van der Waals surface area contributed by atoms with Gasteiger partial charge in [-0.15, -0.1) is 5.10 Å². The van der Waals surface area contributed by atoms with Gasteiger partial charge >= 0.3 is 5.97 Å². The minimum Gasteiger partial charge on any atom is -0.465 e. The average Bonchev–Trinajstić information content (AvgIpc) is 3.10. The molecule has 1 heterocycles. The third-order valence-corrected chi connectivity index (χ3v) is 4.33. The van der Waals surface area contributed by atoms with Crippen molar-refractivity contribution in [3.8, 4) is 17.1 Å². The van der Waals surface area contributed by atoms with Crippen LogP contribution in [0.2, 0.25) is 0 Å². The monoisotopic (exact) mass is 367 g/mol. The molecular weight excluding hydrogens is 346 g/mol. The first-order valence-electron chi connectivity index (χ1n) is 8.50. The number of para-hydroxylation sites is 1. The van der Waals surface area contributed by atoms with Crippen LogP contribution in [0.3, 0.4) is 0 Å². The van der Waals surface area contributed by atoms with Gasteiger partial charge in [-0.2, -0.15) is 0 Å². The molecule has 1 aromatic heterocycles. The number of nitrogens with zero attached hydrogens (tertiary/aromatic N) is 3. The fourth-order valence-electron chi connectivity index (χ4n) is 2.30. The van der Waals surface area contributed by atoms with Gasteiger partial charge in [-0.1, -0.05) is 74.1 Å². The summed E-state index contributed by atoms with van der Waals surface area (Å²) in [5, 5.41) is 5.13. The number of esters is 1. The number of ether oxygens (including phenoxy) is 1. The lowest BCUT2D eigenvalue weighted by atomic mass is 10.2. The van der Waals surface area contributed by atoms with E-state index in [9.17, 15) is 4.79 Å². The second kappa shape index (κ2) is 8.67. The Morgan fingerprint density at radius 1 is 1.08 bits per heavy atom. The van der Waals surface area contributed by atoms with E-state index in [-0.39, 0.29) is 11.7 Å². The fourth-order valence-corrected chi connectivity index (χ4v) is 2.92. The molecule has 0 amide bonds. The topological polar surface area (TPSA) is 57.0 Å². The number of hydrogen-bond acceptors (Lipinski definition) is 5. The predicted octanol–water partition coefficient (Wildman–Crippen LogP) is 4.23. The van der Waals surface area contributed by atoms with Crippen LogP contribution in [-0.4, -0.2) is 33.1 Å². The standard InChI is InChI=1S/C20H21N3O2S/c1-15(2)13-25-18(24)14-26-20-21-19(16-9-5-3-6-10-16)23(22-20)17-11-7-4-8-12-17/h3-12,15H,13-14H2,1-2H3. The van der Waals surface area contributed by atoms with Gasteiger partial charge in [-0.3, -0.25) is 4.79 Å². The van der Waals surface area contributed by atoms with Gasteiger partial charge in [0.2, 0.25) is 5.16 Å². The molecule has 2 aromatic carbocycles. The molecule has 0 aliphatic heterocycles. The summed E-state index contributed by atoms with van der Waals surface area (Å²) >= 11 is 1.29. The Morgan fingerprint density at radius 3 is 2.38 bits per heavy atom.